The summed E-state index contributed by atoms with van der Waals surface area (Å²) in [6.07, 6.45) is 0. The second-order valence-corrected chi connectivity index (χ2v) is 5.00. The first kappa shape index (κ1) is 12.8. The number of ether oxygens (including phenoxy) is 1. The van der Waals surface area contributed by atoms with Gasteiger partial charge in [0.05, 0.1) is 12.1 Å². The van der Waals surface area contributed by atoms with Crippen LogP contribution in [0.1, 0.15) is 36.7 Å². The van der Waals surface area contributed by atoms with E-state index in [1.807, 2.05) is 20.8 Å². The fourth-order valence-corrected chi connectivity index (χ4v) is 1.69. The molecule has 0 aliphatic rings. The number of halogens is 1. The van der Waals surface area contributed by atoms with Crippen molar-refractivity contribution < 1.29 is 14.6 Å². The highest BCUT2D eigenvalue weighted by molar-refractivity contribution is 6.32. The zero-order valence-corrected chi connectivity index (χ0v) is 10.6. The molecule has 88 valence electrons. The van der Waals surface area contributed by atoms with Crippen LogP contribution in [0.3, 0.4) is 0 Å². The number of carboxylic acids is 1. The van der Waals surface area contributed by atoms with Crippen molar-refractivity contribution >= 4 is 17.6 Å². The maximum Gasteiger partial charge on any atom is 0.339 e. The molecule has 0 aliphatic carbocycles. The van der Waals surface area contributed by atoms with Gasteiger partial charge in [-0.05, 0) is 23.1 Å². The van der Waals surface area contributed by atoms with E-state index in [2.05, 4.69) is 0 Å². The molecule has 0 saturated carbocycles. The van der Waals surface area contributed by atoms with Gasteiger partial charge >= 0.3 is 5.97 Å². The van der Waals surface area contributed by atoms with Gasteiger partial charge in [-0.25, -0.2) is 4.79 Å². The Kier molecular flexibility index (Phi) is 3.48. The zero-order chi connectivity index (χ0) is 12.5. The van der Waals surface area contributed by atoms with Gasteiger partial charge in [0.15, 0.2) is 5.75 Å². The third-order valence-corrected chi connectivity index (χ3v) is 2.62. The number of benzene rings is 1. The molecule has 0 aromatic heterocycles. The lowest BCUT2D eigenvalue weighted by atomic mass is 9.86. The first-order valence-corrected chi connectivity index (χ1v) is 5.26. The van der Waals surface area contributed by atoms with E-state index in [0.717, 1.165) is 5.56 Å². The van der Waals surface area contributed by atoms with Crippen LogP contribution >= 0.6 is 11.6 Å². The molecule has 0 spiro atoms. The van der Waals surface area contributed by atoms with Crippen molar-refractivity contribution in [1.82, 2.24) is 0 Å². The second-order valence-electron chi connectivity index (χ2n) is 4.59. The minimum absolute atomic E-state index is 0.0972. The van der Waals surface area contributed by atoms with Crippen LogP contribution < -0.4 is 4.74 Å². The van der Waals surface area contributed by atoms with E-state index in [4.69, 9.17) is 21.4 Å². The average Bonchev–Trinajstić information content (AvgIpc) is 2.14. The monoisotopic (exact) mass is 242 g/mol. The Hall–Kier alpha value is -1.22. The molecule has 0 heterocycles. The number of carbonyl (C=O) groups is 1. The second kappa shape index (κ2) is 4.34. The summed E-state index contributed by atoms with van der Waals surface area (Å²) < 4.78 is 4.99. The molecular weight excluding hydrogens is 228 g/mol. The third-order valence-electron chi connectivity index (χ3n) is 2.34. The molecule has 1 aromatic carbocycles. The Bertz CT molecular complexity index is 419. The van der Waals surface area contributed by atoms with Gasteiger partial charge in [-0.1, -0.05) is 32.4 Å². The molecule has 1 N–H and O–H groups in total. The Balaban J connectivity index is 3.46. The van der Waals surface area contributed by atoms with Gasteiger partial charge in [-0.15, -0.1) is 0 Å². The smallest absolute Gasteiger partial charge is 0.339 e. The summed E-state index contributed by atoms with van der Waals surface area (Å²) in [5.41, 5.74) is 0.816. The average molecular weight is 243 g/mol. The largest absolute Gasteiger partial charge is 0.494 e. The normalized spacial score (nSPS) is 11.3. The van der Waals surface area contributed by atoms with Gasteiger partial charge < -0.3 is 9.84 Å². The van der Waals surface area contributed by atoms with Crippen molar-refractivity contribution in [3.63, 3.8) is 0 Å². The van der Waals surface area contributed by atoms with Crippen LogP contribution in [0.2, 0.25) is 5.02 Å². The first-order valence-electron chi connectivity index (χ1n) is 4.88. The van der Waals surface area contributed by atoms with E-state index in [9.17, 15) is 4.79 Å². The highest BCUT2D eigenvalue weighted by Gasteiger charge is 2.21. The van der Waals surface area contributed by atoms with Crippen molar-refractivity contribution in [3.8, 4) is 5.75 Å². The van der Waals surface area contributed by atoms with E-state index < -0.39 is 5.97 Å². The van der Waals surface area contributed by atoms with Crippen molar-refractivity contribution in [1.29, 1.82) is 0 Å². The van der Waals surface area contributed by atoms with Crippen molar-refractivity contribution in [2.24, 2.45) is 0 Å². The number of aromatic carboxylic acids is 1. The van der Waals surface area contributed by atoms with Crippen molar-refractivity contribution in [3.05, 3.63) is 28.3 Å². The van der Waals surface area contributed by atoms with Gasteiger partial charge in [-0.2, -0.15) is 0 Å². The van der Waals surface area contributed by atoms with E-state index >= 15 is 0 Å². The lowest BCUT2D eigenvalue weighted by Gasteiger charge is -2.21. The summed E-state index contributed by atoms with van der Waals surface area (Å²) in [7, 11) is 1.41. The molecule has 0 atom stereocenters. The van der Waals surface area contributed by atoms with E-state index in [-0.39, 0.29) is 16.7 Å². The summed E-state index contributed by atoms with van der Waals surface area (Å²) in [4.78, 5) is 11.1. The van der Waals surface area contributed by atoms with Gasteiger partial charge in [0, 0.05) is 0 Å². The van der Waals surface area contributed by atoms with Crippen LogP contribution in [-0.4, -0.2) is 18.2 Å². The first-order chi connectivity index (χ1) is 7.27. The molecule has 0 saturated heterocycles. The fourth-order valence-electron chi connectivity index (χ4n) is 1.39. The maximum atomic E-state index is 11.1. The van der Waals surface area contributed by atoms with Crippen LogP contribution in [0, 0.1) is 0 Å². The van der Waals surface area contributed by atoms with Crippen LogP contribution in [-0.2, 0) is 5.41 Å². The van der Waals surface area contributed by atoms with Crippen molar-refractivity contribution in [2.45, 2.75) is 26.2 Å². The fraction of sp³-hybridized carbons (Fsp3) is 0.417. The molecular formula is C12H15ClO3. The molecule has 0 fully saturated rings. The van der Waals surface area contributed by atoms with Gasteiger partial charge in [0.25, 0.3) is 0 Å². The molecule has 1 aromatic rings. The highest BCUT2D eigenvalue weighted by Crippen LogP contribution is 2.34. The van der Waals surface area contributed by atoms with Crippen LogP contribution in [0.25, 0.3) is 0 Å². The van der Waals surface area contributed by atoms with Crippen LogP contribution in [0.15, 0.2) is 12.1 Å². The Labute approximate surface area is 100.0 Å². The molecule has 16 heavy (non-hydrogen) atoms. The minimum atomic E-state index is -1.04. The molecule has 0 radical (unpaired) electrons. The number of methoxy groups -OCH3 is 1. The number of hydrogen-bond acceptors (Lipinski definition) is 2. The minimum Gasteiger partial charge on any atom is -0.494 e. The zero-order valence-electron chi connectivity index (χ0n) is 9.80. The Morgan fingerprint density at radius 3 is 2.31 bits per heavy atom. The Morgan fingerprint density at radius 2 is 1.94 bits per heavy atom. The predicted octanol–water partition coefficient (Wildman–Crippen LogP) is 3.34. The lowest BCUT2D eigenvalue weighted by molar-refractivity contribution is 0.0693. The van der Waals surface area contributed by atoms with Crippen LogP contribution in [0.5, 0.6) is 5.75 Å². The SMILES string of the molecule is COc1c(Cl)cc(C(C)(C)C)cc1C(=O)O. The standard InChI is InChI=1S/C12H15ClO3/c1-12(2,3)7-5-8(11(14)15)10(16-4)9(13)6-7/h5-6H,1-4H3,(H,14,15). The summed E-state index contributed by atoms with van der Waals surface area (Å²) >= 11 is 6.00. The molecule has 1 rings (SSSR count). The summed E-state index contributed by atoms with van der Waals surface area (Å²) in [5, 5.41) is 9.40. The van der Waals surface area contributed by atoms with Crippen molar-refractivity contribution in [2.75, 3.05) is 7.11 Å². The predicted molar refractivity (Wildman–Crippen MR) is 63.7 cm³/mol. The Morgan fingerprint density at radius 1 is 1.38 bits per heavy atom. The van der Waals surface area contributed by atoms with Gasteiger partial charge in [0.1, 0.15) is 5.56 Å². The summed E-state index contributed by atoms with van der Waals surface area (Å²) in [6, 6.07) is 3.35. The number of rotatable bonds is 2. The maximum absolute atomic E-state index is 11.1. The quantitative estimate of drug-likeness (QED) is 0.865. The van der Waals surface area contributed by atoms with E-state index in [0.29, 0.717) is 5.02 Å². The van der Waals surface area contributed by atoms with Gasteiger partial charge in [-0.3, -0.25) is 0 Å². The summed E-state index contributed by atoms with van der Waals surface area (Å²) in [5.74, 6) is -0.827. The van der Waals surface area contributed by atoms with E-state index in [1.165, 1.54) is 7.11 Å². The van der Waals surface area contributed by atoms with Crippen LogP contribution in [0.4, 0.5) is 0 Å². The number of carboxylic acid groups (broad SMARTS) is 1. The molecule has 0 aliphatic heterocycles. The number of hydrogen-bond donors (Lipinski definition) is 1. The lowest BCUT2D eigenvalue weighted by Crippen LogP contribution is -2.13. The molecule has 0 amide bonds. The highest BCUT2D eigenvalue weighted by atomic mass is 35.5. The molecule has 0 unspecified atom stereocenters. The molecule has 4 heteroatoms. The summed E-state index contributed by atoms with van der Waals surface area (Å²) in [6.45, 7) is 5.99. The molecule has 0 bridgehead atoms. The topological polar surface area (TPSA) is 46.5 Å². The third kappa shape index (κ3) is 2.47. The molecule has 3 nitrogen and oxygen atoms in total. The van der Waals surface area contributed by atoms with E-state index in [1.54, 1.807) is 12.1 Å². The van der Waals surface area contributed by atoms with Gasteiger partial charge in [0.2, 0.25) is 0 Å².